The molecule has 3 N–H and O–H groups in total. The lowest BCUT2D eigenvalue weighted by Crippen LogP contribution is -2.30. The zero-order valence-electron chi connectivity index (χ0n) is 63.0. The van der Waals surface area contributed by atoms with Crippen LogP contribution in [0.4, 0.5) is 0 Å². The molecule has 0 bridgehead atoms. The molecule has 3 unspecified atom stereocenters. The van der Waals surface area contributed by atoms with Crippen molar-refractivity contribution in [1.82, 2.24) is 0 Å². The van der Waals surface area contributed by atoms with E-state index in [0.29, 0.717) is 31.6 Å². The first-order valence-corrected chi connectivity index (χ1v) is 42.7. The number of phosphoric ester groups is 2. The van der Waals surface area contributed by atoms with Crippen molar-refractivity contribution in [2.45, 2.75) is 408 Å². The number of hydrogen-bond acceptors (Lipinski definition) is 15. The van der Waals surface area contributed by atoms with Crippen LogP contribution in [0.5, 0.6) is 0 Å². The Morgan fingerprint density at radius 1 is 0.260 bits per heavy atom. The van der Waals surface area contributed by atoms with Gasteiger partial charge < -0.3 is 33.8 Å². The summed E-state index contributed by atoms with van der Waals surface area (Å²) in [5, 5.41) is 10.6. The number of aliphatic hydroxyl groups excluding tert-OH is 1. The number of hydrogen-bond donors (Lipinski definition) is 3. The molecule has 96 heavy (non-hydrogen) atoms. The third kappa shape index (κ3) is 70.5. The smallest absolute Gasteiger partial charge is 0.462 e. The Morgan fingerprint density at radius 2 is 0.438 bits per heavy atom. The van der Waals surface area contributed by atoms with Crippen LogP contribution in [0.25, 0.3) is 0 Å². The molecule has 0 saturated heterocycles. The van der Waals surface area contributed by atoms with Gasteiger partial charge in [-0.25, -0.2) is 9.13 Å². The SMILES string of the molecule is CC(C)CCCCCCCCCCCCCCCCCC(=O)OC[C@H](COP(=O)(O)OCC(O)COP(=O)(O)OC[C@@H](COC(=O)CCCCCCCCCC(C)C)OC(=O)CCCCCCCCCCCCC(C)C)OC(=O)CCCCCCCCCCCCCCC(C)C. The van der Waals surface area contributed by atoms with Gasteiger partial charge in [0.05, 0.1) is 26.4 Å². The molecule has 570 valence electrons. The summed E-state index contributed by atoms with van der Waals surface area (Å²) in [7, 11) is -9.91. The quantitative estimate of drug-likeness (QED) is 0.0222. The average Bonchev–Trinajstić information content (AvgIpc) is 1.33. The van der Waals surface area contributed by atoms with Crippen LogP contribution < -0.4 is 0 Å². The Hall–Kier alpha value is -1.94. The molecule has 0 fully saturated rings. The number of unbranched alkanes of at least 4 members (excludes halogenated alkanes) is 40. The highest BCUT2D eigenvalue weighted by Gasteiger charge is 2.30. The summed E-state index contributed by atoms with van der Waals surface area (Å²) in [6.45, 7) is 14.2. The van der Waals surface area contributed by atoms with E-state index in [-0.39, 0.29) is 25.7 Å². The summed E-state index contributed by atoms with van der Waals surface area (Å²) in [5.41, 5.74) is 0. The lowest BCUT2D eigenvalue weighted by Gasteiger charge is -2.21. The van der Waals surface area contributed by atoms with Gasteiger partial charge in [0, 0.05) is 25.7 Å². The van der Waals surface area contributed by atoms with Crippen LogP contribution in [0.15, 0.2) is 0 Å². The number of esters is 4. The summed E-state index contributed by atoms with van der Waals surface area (Å²) in [6.07, 6.45) is 51.4. The average molecular weight is 1410 g/mol. The third-order valence-electron chi connectivity index (χ3n) is 17.8. The minimum absolute atomic E-state index is 0.105. The summed E-state index contributed by atoms with van der Waals surface area (Å²) in [5.74, 6) is 0.920. The molecule has 0 rings (SSSR count). The van der Waals surface area contributed by atoms with Gasteiger partial charge in [-0.3, -0.25) is 37.3 Å². The molecule has 5 atom stereocenters. The number of carbonyl (C=O) groups excluding carboxylic acids is 4. The van der Waals surface area contributed by atoms with E-state index in [4.69, 9.17) is 37.0 Å². The van der Waals surface area contributed by atoms with E-state index in [1.165, 1.54) is 186 Å². The fourth-order valence-corrected chi connectivity index (χ4v) is 13.3. The summed E-state index contributed by atoms with van der Waals surface area (Å²) >= 11 is 0. The van der Waals surface area contributed by atoms with Gasteiger partial charge in [0.2, 0.25) is 0 Å². The molecule has 0 saturated carbocycles. The highest BCUT2D eigenvalue weighted by atomic mass is 31.2. The lowest BCUT2D eigenvalue weighted by atomic mass is 10.0. The van der Waals surface area contributed by atoms with Crippen LogP contribution in [0.3, 0.4) is 0 Å². The second kappa shape index (κ2) is 66.3. The van der Waals surface area contributed by atoms with Gasteiger partial charge in [0.15, 0.2) is 12.2 Å². The van der Waals surface area contributed by atoms with Crippen molar-refractivity contribution in [2.75, 3.05) is 39.6 Å². The van der Waals surface area contributed by atoms with E-state index in [9.17, 15) is 43.2 Å². The van der Waals surface area contributed by atoms with Crippen LogP contribution in [0.2, 0.25) is 0 Å². The van der Waals surface area contributed by atoms with E-state index >= 15 is 0 Å². The fraction of sp³-hybridized carbons (Fsp3) is 0.948. The maximum absolute atomic E-state index is 13.1. The van der Waals surface area contributed by atoms with Gasteiger partial charge in [-0.15, -0.1) is 0 Å². The standard InChI is InChI=1S/C77H150O17P2/c1-67(2)53-45-37-29-22-16-12-10-9-11-13-18-25-33-41-49-57-74(79)87-63-72(93-76(81)59-51-43-34-26-19-15-14-17-23-30-38-46-54-68(3)4)65-91-95(83,84)89-61-71(78)62-90-96(85,86)92-66-73(64-88-75(80)58-50-42-36-28-32-40-48-56-70(7)8)94-77(82)60-52-44-35-27-21-20-24-31-39-47-55-69(5)6/h67-73,78H,9-66H2,1-8H3,(H,83,84)(H,85,86)/t71?,72-,73-/m1/s1. The van der Waals surface area contributed by atoms with Crippen molar-refractivity contribution in [1.29, 1.82) is 0 Å². The molecule has 0 heterocycles. The monoisotopic (exact) mass is 1410 g/mol. The van der Waals surface area contributed by atoms with Crippen LogP contribution in [-0.2, 0) is 65.4 Å². The van der Waals surface area contributed by atoms with Gasteiger partial charge >= 0.3 is 39.5 Å². The van der Waals surface area contributed by atoms with Crippen LogP contribution in [-0.4, -0.2) is 96.7 Å². The maximum Gasteiger partial charge on any atom is 0.472 e. The van der Waals surface area contributed by atoms with Crippen LogP contribution in [0.1, 0.15) is 389 Å². The molecule has 0 aromatic carbocycles. The van der Waals surface area contributed by atoms with E-state index in [1.807, 2.05) is 0 Å². The number of aliphatic hydroxyl groups is 1. The molecule has 0 radical (unpaired) electrons. The first-order valence-electron chi connectivity index (χ1n) is 39.7. The molecule has 19 heteroatoms. The van der Waals surface area contributed by atoms with Crippen LogP contribution >= 0.6 is 15.6 Å². The zero-order chi connectivity index (χ0) is 71.0. The number of carbonyl (C=O) groups is 4. The van der Waals surface area contributed by atoms with Gasteiger partial charge in [0.1, 0.15) is 19.3 Å². The first-order chi connectivity index (χ1) is 46.1. The normalized spacial score (nSPS) is 14.1. The molecular formula is C77H150O17P2. The predicted molar refractivity (Wildman–Crippen MR) is 391 cm³/mol. The topological polar surface area (TPSA) is 237 Å². The molecule has 0 aromatic rings. The largest absolute Gasteiger partial charge is 0.472 e. The summed E-state index contributed by atoms with van der Waals surface area (Å²) in [6, 6.07) is 0. The molecule has 0 amide bonds. The Bertz CT molecular complexity index is 1880. The van der Waals surface area contributed by atoms with Crippen molar-refractivity contribution >= 4 is 39.5 Å². The Morgan fingerprint density at radius 3 is 0.646 bits per heavy atom. The van der Waals surface area contributed by atoms with Gasteiger partial charge in [0.25, 0.3) is 0 Å². The molecule has 0 spiro atoms. The van der Waals surface area contributed by atoms with Gasteiger partial charge in [-0.1, -0.05) is 338 Å². The molecule has 0 aliphatic heterocycles. The molecular weight excluding hydrogens is 1260 g/mol. The van der Waals surface area contributed by atoms with Crippen molar-refractivity contribution < 1.29 is 80.2 Å². The highest BCUT2D eigenvalue weighted by molar-refractivity contribution is 7.47. The van der Waals surface area contributed by atoms with Crippen LogP contribution in [0, 0.1) is 23.7 Å². The van der Waals surface area contributed by atoms with Crippen molar-refractivity contribution in [3.8, 4) is 0 Å². The second-order valence-corrected chi connectivity index (χ2v) is 32.6. The minimum atomic E-state index is -4.96. The third-order valence-corrected chi connectivity index (χ3v) is 19.7. The maximum atomic E-state index is 13.1. The molecule has 0 aliphatic rings. The van der Waals surface area contributed by atoms with Gasteiger partial charge in [-0.05, 0) is 49.4 Å². The molecule has 0 aromatic heterocycles. The van der Waals surface area contributed by atoms with E-state index in [0.717, 1.165) is 114 Å². The number of phosphoric acid groups is 2. The number of ether oxygens (including phenoxy) is 4. The van der Waals surface area contributed by atoms with E-state index in [2.05, 4.69) is 55.4 Å². The van der Waals surface area contributed by atoms with Gasteiger partial charge in [-0.2, -0.15) is 0 Å². The first kappa shape index (κ1) is 94.1. The summed E-state index contributed by atoms with van der Waals surface area (Å²) < 4.78 is 68.6. The van der Waals surface area contributed by atoms with E-state index in [1.54, 1.807) is 0 Å². The molecule has 17 nitrogen and oxygen atoms in total. The van der Waals surface area contributed by atoms with Crippen molar-refractivity contribution in [3.05, 3.63) is 0 Å². The van der Waals surface area contributed by atoms with E-state index < -0.39 is 97.5 Å². The zero-order valence-corrected chi connectivity index (χ0v) is 64.8. The van der Waals surface area contributed by atoms with Crippen molar-refractivity contribution in [3.63, 3.8) is 0 Å². The Labute approximate surface area is 588 Å². The molecule has 0 aliphatic carbocycles. The second-order valence-electron chi connectivity index (χ2n) is 29.7. The fourth-order valence-electron chi connectivity index (χ4n) is 11.7. The highest BCUT2D eigenvalue weighted by Crippen LogP contribution is 2.45. The predicted octanol–water partition coefficient (Wildman–Crippen LogP) is 22.4. The minimum Gasteiger partial charge on any atom is -0.462 e. The Balaban J connectivity index is 5.24. The summed E-state index contributed by atoms with van der Waals surface area (Å²) in [4.78, 5) is 72.8. The lowest BCUT2D eigenvalue weighted by molar-refractivity contribution is -0.161. The number of rotatable bonds is 74. The van der Waals surface area contributed by atoms with Crippen molar-refractivity contribution in [2.24, 2.45) is 23.7 Å². The Kier molecular flexibility index (Phi) is 65.0.